The van der Waals surface area contributed by atoms with Gasteiger partial charge in [-0.15, -0.1) is 11.3 Å². The summed E-state index contributed by atoms with van der Waals surface area (Å²) in [6.07, 6.45) is 1.77. The molecule has 0 atom stereocenters. The number of hydrogen-bond donors (Lipinski definition) is 2. The Morgan fingerprint density at radius 3 is 2.60 bits per heavy atom. The molecule has 0 spiro atoms. The monoisotopic (exact) mass is 248 g/mol. The maximum absolute atomic E-state index is 12.0. The Bertz CT molecular complexity index is 476. The van der Waals surface area contributed by atoms with Crippen molar-refractivity contribution in [1.29, 1.82) is 0 Å². The molecule has 0 amide bonds. The summed E-state index contributed by atoms with van der Waals surface area (Å²) in [6, 6.07) is 0.0812. The number of hydrogen-bond acceptors (Lipinski definition) is 5. The van der Waals surface area contributed by atoms with Crippen molar-refractivity contribution in [2.45, 2.75) is 23.1 Å². The quantitative estimate of drug-likeness (QED) is 0.829. The van der Waals surface area contributed by atoms with Crippen LogP contribution >= 0.6 is 11.3 Å². The molecule has 1 aromatic rings. The Labute approximate surface area is 92.2 Å². The number of aromatic hydroxyl groups is 1. The van der Waals surface area contributed by atoms with Gasteiger partial charge in [-0.2, -0.15) is 4.31 Å². The second-order valence-corrected chi connectivity index (χ2v) is 6.65. The van der Waals surface area contributed by atoms with Gasteiger partial charge < -0.3 is 10.8 Å². The van der Waals surface area contributed by atoms with Crippen molar-refractivity contribution >= 4 is 27.0 Å². The molecule has 0 unspecified atom stereocenters. The number of sulfonamides is 1. The molecule has 1 aromatic heterocycles. The highest BCUT2D eigenvalue weighted by atomic mass is 32.2. The van der Waals surface area contributed by atoms with Gasteiger partial charge >= 0.3 is 0 Å². The standard InChI is InChI=1S/C8H12N2O3S2/c1-10(5-2-3-5)15(12,13)8-7(11)6(9)4-14-8/h4-5,11H,2-3,9H2,1H3. The first-order valence-electron chi connectivity index (χ1n) is 4.48. The van der Waals surface area contributed by atoms with Crippen LogP contribution in [0.5, 0.6) is 5.75 Å². The van der Waals surface area contributed by atoms with Gasteiger partial charge in [-0.05, 0) is 12.8 Å². The molecular weight excluding hydrogens is 236 g/mol. The molecule has 1 aliphatic carbocycles. The van der Waals surface area contributed by atoms with Crippen LogP contribution in [0.4, 0.5) is 5.69 Å². The van der Waals surface area contributed by atoms with Crippen LogP contribution in [0.1, 0.15) is 12.8 Å². The average molecular weight is 248 g/mol. The van der Waals surface area contributed by atoms with Crippen molar-refractivity contribution in [2.75, 3.05) is 12.8 Å². The molecule has 5 nitrogen and oxygen atoms in total. The fourth-order valence-electron chi connectivity index (χ4n) is 1.29. The second kappa shape index (κ2) is 3.36. The van der Waals surface area contributed by atoms with E-state index in [1.54, 1.807) is 0 Å². The Morgan fingerprint density at radius 1 is 1.60 bits per heavy atom. The molecule has 3 N–H and O–H groups in total. The van der Waals surface area contributed by atoms with Gasteiger partial charge in [-0.1, -0.05) is 0 Å². The first-order valence-corrected chi connectivity index (χ1v) is 6.80. The number of nitrogen functional groups attached to an aromatic ring is 1. The lowest BCUT2D eigenvalue weighted by atomic mass is 10.5. The number of rotatable bonds is 3. The Hall–Kier alpha value is -0.790. The summed E-state index contributed by atoms with van der Waals surface area (Å²) in [5.74, 6) is -0.326. The molecular formula is C8H12N2O3S2. The molecule has 84 valence electrons. The van der Waals surface area contributed by atoms with Crippen LogP contribution in [0, 0.1) is 0 Å². The summed E-state index contributed by atoms with van der Waals surface area (Å²) in [5, 5.41) is 10.9. The number of anilines is 1. The fourth-order valence-corrected chi connectivity index (χ4v) is 4.08. The van der Waals surface area contributed by atoms with Gasteiger partial charge in [-0.25, -0.2) is 8.42 Å². The molecule has 7 heteroatoms. The lowest BCUT2D eigenvalue weighted by Gasteiger charge is -2.14. The van der Waals surface area contributed by atoms with Gasteiger partial charge in [0.25, 0.3) is 10.0 Å². The van der Waals surface area contributed by atoms with E-state index < -0.39 is 10.0 Å². The van der Waals surface area contributed by atoms with Crippen LogP contribution in [0.15, 0.2) is 9.59 Å². The van der Waals surface area contributed by atoms with E-state index in [4.69, 9.17) is 5.73 Å². The van der Waals surface area contributed by atoms with Crippen LogP contribution in [-0.2, 0) is 10.0 Å². The molecule has 1 aliphatic rings. The predicted molar refractivity (Wildman–Crippen MR) is 58.4 cm³/mol. The Kier molecular flexibility index (Phi) is 2.40. The van der Waals surface area contributed by atoms with E-state index in [-0.39, 0.29) is 21.7 Å². The third-order valence-corrected chi connectivity index (χ3v) is 5.85. The van der Waals surface area contributed by atoms with Crippen LogP contribution in [0.2, 0.25) is 0 Å². The van der Waals surface area contributed by atoms with E-state index in [2.05, 4.69) is 0 Å². The normalized spacial score (nSPS) is 17.2. The minimum Gasteiger partial charge on any atom is -0.504 e. The lowest BCUT2D eigenvalue weighted by molar-refractivity contribution is 0.445. The van der Waals surface area contributed by atoms with E-state index in [9.17, 15) is 13.5 Å². The van der Waals surface area contributed by atoms with E-state index in [0.717, 1.165) is 24.2 Å². The summed E-state index contributed by atoms with van der Waals surface area (Å²) in [5.41, 5.74) is 5.52. The van der Waals surface area contributed by atoms with Crippen molar-refractivity contribution in [3.63, 3.8) is 0 Å². The van der Waals surface area contributed by atoms with Crippen molar-refractivity contribution in [1.82, 2.24) is 4.31 Å². The second-order valence-electron chi connectivity index (χ2n) is 3.58. The number of nitrogens with two attached hydrogens (primary N) is 1. The van der Waals surface area contributed by atoms with Gasteiger partial charge in [0.2, 0.25) is 0 Å². The zero-order valence-electron chi connectivity index (χ0n) is 8.17. The zero-order chi connectivity index (χ0) is 11.2. The first kappa shape index (κ1) is 10.7. The maximum Gasteiger partial charge on any atom is 0.256 e. The predicted octanol–water partition coefficient (Wildman–Crippen LogP) is 0.819. The molecule has 1 fully saturated rings. The third-order valence-electron chi connectivity index (χ3n) is 2.43. The summed E-state index contributed by atoms with van der Waals surface area (Å²) < 4.78 is 25.2. The lowest BCUT2D eigenvalue weighted by Crippen LogP contribution is -2.28. The van der Waals surface area contributed by atoms with Gasteiger partial charge in [0.15, 0.2) is 9.96 Å². The average Bonchev–Trinajstić information content (AvgIpc) is 2.94. The van der Waals surface area contributed by atoms with Crippen LogP contribution in [0.25, 0.3) is 0 Å². The Balaban J connectivity index is 2.40. The van der Waals surface area contributed by atoms with Crippen LogP contribution in [0.3, 0.4) is 0 Å². The van der Waals surface area contributed by atoms with Crippen LogP contribution < -0.4 is 5.73 Å². The molecule has 0 radical (unpaired) electrons. The van der Waals surface area contributed by atoms with Crippen LogP contribution in [-0.4, -0.2) is 30.9 Å². The zero-order valence-corrected chi connectivity index (χ0v) is 9.81. The minimum atomic E-state index is -3.56. The highest BCUT2D eigenvalue weighted by Gasteiger charge is 2.37. The van der Waals surface area contributed by atoms with E-state index in [1.807, 2.05) is 0 Å². The largest absolute Gasteiger partial charge is 0.504 e. The SMILES string of the molecule is CN(C1CC1)S(=O)(=O)c1scc(N)c1O. The van der Waals surface area contributed by atoms with Gasteiger partial charge in [0.1, 0.15) is 0 Å². The third kappa shape index (κ3) is 1.70. The topological polar surface area (TPSA) is 83.6 Å². The fraction of sp³-hybridized carbons (Fsp3) is 0.500. The van der Waals surface area contributed by atoms with Gasteiger partial charge in [-0.3, -0.25) is 0 Å². The van der Waals surface area contributed by atoms with E-state index in [1.165, 1.54) is 16.7 Å². The molecule has 2 rings (SSSR count). The molecule has 1 saturated carbocycles. The molecule has 0 aromatic carbocycles. The van der Waals surface area contributed by atoms with Crippen molar-refractivity contribution in [3.8, 4) is 5.75 Å². The van der Waals surface area contributed by atoms with Crippen molar-refractivity contribution < 1.29 is 13.5 Å². The highest BCUT2D eigenvalue weighted by Crippen LogP contribution is 2.39. The molecule has 1 heterocycles. The number of nitrogens with zero attached hydrogens (tertiary/aromatic N) is 1. The smallest absolute Gasteiger partial charge is 0.256 e. The summed E-state index contributed by atoms with van der Waals surface area (Å²) >= 11 is 0.952. The van der Waals surface area contributed by atoms with Gasteiger partial charge in [0, 0.05) is 18.5 Å². The molecule has 0 aliphatic heterocycles. The van der Waals surface area contributed by atoms with Gasteiger partial charge in [0.05, 0.1) is 5.69 Å². The van der Waals surface area contributed by atoms with E-state index in [0.29, 0.717) is 0 Å². The highest BCUT2D eigenvalue weighted by molar-refractivity contribution is 7.91. The first-order chi connectivity index (χ1) is 6.94. The molecule has 15 heavy (non-hydrogen) atoms. The Morgan fingerprint density at radius 2 is 2.20 bits per heavy atom. The summed E-state index contributed by atoms with van der Waals surface area (Å²) in [7, 11) is -2.03. The van der Waals surface area contributed by atoms with E-state index >= 15 is 0 Å². The minimum absolute atomic E-state index is 0.0607. The summed E-state index contributed by atoms with van der Waals surface area (Å²) in [6.45, 7) is 0. The number of thiophene rings is 1. The van der Waals surface area contributed by atoms with Crippen molar-refractivity contribution in [3.05, 3.63) is 5.38 Å². The molecule has 0 saturated heterocycles. The maximum atomic E-state index is 12.0. The van der Waals surface area contributed by atoms with Crippen molar-refractivity contribution in [2.24, 2.45) is 0 Å². The molecule has 0 bridgehead atoms. The summed E-state index contributed by atoms with van der Waals surface area (Å²) in [4.78, 5) is 0.